The van der Waals surface area contributed by atoms with Crippen LogP contribution in [0.5, 0.6) is 11.6 Å². The number of rotatable bonds is 4. The molecule has 2 bridgehead atoms. The van der Waals surface area contributed by atoms with Crippen LogP contribution in [0.25, 0.3) is 27.8 Å². The van der Waals surface area contributed by atoms with Gasteiger partial charge in [-0.1, -0.05) is 18.2 Å². The molecule has 2 aromatic heterocycles. The molecule has 2 aliphatic heterocycles. The first-order chi connectivity index (χ1) is 15.7. The van der Waals surface area contributed by atoms with E-state index in [1.54, 1.807) is 35.1 Å². The van der Waals surface area contributed by atoms with Gasteiger partial charge in [0.25, 0.3) is 0 Å². The summed E-state index contributed by atoms with van der Waals surface area (Å²) in [5, 5.41) is 27.7. The lowest BCUT2D eigenvalue weighted by Gasteiger charge is -2.32. The summed E-state index contributed by atoms with van der Waals surface area (Å²) >= 11 is 0. The zero-order valence-electron chi connectivity index (χ0n) is 17.2. The van der Waals surface area contributed by atoms with Gasteiger partial charge in [-0.05, 0) is 37.1 Å². The highest BCUT2D eigenvalue weighted by atomic mass is 19.1. The minimum atomic E-state index is -1.05. The van der Waals surface area contributed by atoms with Crippen molar-refractivity contribution in [3.05, 3.63) is 60.8 Å². The van der Waals surface area contributed by atoms with Crippen LogP contribution in [0.1, 0.15) is 19.3 Å². The molecule has 32 heavy (non-hydrogen) atoms. The number of hydrogen-bond donors (Lipinski definition) is 2. The highest BCUT2D eigenvalue weighted by molar-refractivity contribution is 5.80. The largest absolute Gasteiger partial charge is 0.507 e. The van der Waals surface area contributed by atoms with Gasteiger partial charge < -0.3 is 15.2 Å². The molecule has 2 saturated heterocycles. The van der Waals surface area contributed by atoms with Gasteiger partial charge >= 0.3 is 0 Å². The van der Waals surface area contributed by atoms with Crippen molar-refractivity contribution in [2.24, 2.45) is 0 Å². The Balaban J connectivity index is 1.22. The predicted octanol–water partition coefficient (Wildman–Crippen LogP) is 3.80. The molecule has 2 aromatic carbocycles. The van der Waals surface area contributed by atoms with Gasteiger partial charge in [0.1, 0.15) is 11.9 Å². The average molecular weight is 431 g/mol. The number of aromatic nitrogens is 4. The number of phenolic OH excluding ortho intramolecular Hbond substituents is 1. The normalized spacial score (nSPS) is 24.7. The van der Waals surface area contributed by atoms with Crippen molar-refractivity contribution >= 4 is 10.9 Å². The van der Waals surface area contributed by atoms with E-state index in [0.717, 1.165) is 29.4 Å². The number of piperidine rings is 1. The van der Waals surface area contributed by atoms with Crippen molar-refractivity contribution in [1.29, 1.82) is 0 Å². The molecule has 7 nitrogen and oxygen atoms in total. The van der Waals surface area contributed by atoms with E-state index in [0.29, 0.717) is 29.6 Å². The highest BCUT2D eigenvalue weighted by Crippen LogP contribution is 2.33. The zero-order chi connectivity index (χ0) is 21.7. The van der Waals surface area contributed by atoms with Gasteiger partial charge in [-0.2, -0.15) is 5.10 Å². The molecule has 2 unspecified atom stereocenters. The number of benzene rings is 2. The first-order valence-electron chi connectivity index (χ1n) is 10.8. The molecular weight excluding hydrogens is 409 g/mol. The van der Waals surface area contributed by atoms with Crippen LogP contribution in [0.15, 0.2) is 60.8 Å². The smallest absolute Gasteiger partial charge is 0.233 e. The van der Waals surface area contributed by atoms with Gasteiger partial charge in [0.05, 0.1) is 23.1 Å². The molecule has 0 amide bonds. The van der Waals surface area contributed by atoms with Gasteiger partial charge in [0, 0.05) is 41.6 Å². The SMILES string of the molecule is Oc1cc(-n2ncc3ccccc32)ccc1-c1ccc(O[C@@H]2CC3CCC(N3)[C@@H]2F)nn1. The number of alkyl halides is 1. The fraction of sp³-hybridized carbons (Fsp3) is 0.292. The molecule has 6 rings (SSSR count). The molecule has 4 atom stereocenters. The maximum absolute atomic E-state index is 14.6. The van der Waals surface area contributed by atoms with E-state index < -0.39 is 12.3 Å². The second-order valence-electron chi connectivity index (χ2n) is 8.46. The van der Waals surface area contributed by atoms with E-state index in [-0.39, 0.29) is 11.8 Å². The number of ether oxygens (including phenoxy) is 1. The molecule has 4 aromatic rings. The number of nitrogens with one attached hydrogen (secondary N) is 1. The summed E-state index contributed by atoms with van der Waals surface area (Å²) in [6.45, 7) is 0. The zero-order valence-corrected chi connectivity index (χ0v) is 17.2. The molecule has 2 N–H and O–H groups in total. The van der Waals surface area contributed by atoms with E-state index in [1.807, 2.05) is 30.3 Å². The van der Waals surface area contributed by atoms with Crippen molar-refractivity contribution < 1.29 is 14.2 Å². The van der Waals surface area contributed by atoms with E-state index >= 15 is 0 Å². The highest BCUT2D eigenvalue weighted by Gasteiger charge is 2.43. The molecule has 0 spiro atoms. The van der Waals surface area contributed by atoms with Crippen LogP contribution in [-0.2, 0) is 0 Å². The molecule has 0 saturated carbocycles. The van der Waals surface area contributed by atoms with Crippen molar-refractivity contribution in [3.63, 3.8) is 0 Å². The second-order valence-corrected chi connectivity index (χ2v) is 8.46. The van der Waals surface area contributed by atoms with Crippen LogP contribution in [-0.4, -0.2) is 49.4 Å². The first kappa shape index (κ1) is 19.2. The monoisotopic (exact) mass is 431 g/mol. The predicted molar refractivity (Wildman–Crippen MR) is 118 cm³/mol. The van der Waals surface area contributed by atoms with Crippen LogP contribution in [0, 0.1) is 0 Å². The van der Waals surface area contributed by atoms with E-state index in [4.69, 9.17) is 4.74 Å². The van der Waals surface area contributed by atoms with Crippen LogP contribution >= 0.6 is 0 Å². The number of fused-ring (bicyclic) bond motifs is 3. The van der Waals surface area contributed by atoms with Crippen molar-refractivity contribution in [3.8, 4) is 28.6 Å². The summed E-state index contributed by atoms with van der Waals surface area (Å²) in [5.41, 5.74) is 2.76. The Bertz CT molecular complexity index is 1280. The maximum Gasteiger partial charge on any atom is 0.233 e. The van der Waals surface area contributed by atoms with Gasteiger partial charge in [0.2, 0.25) is 5.88 Å². The van der Waals surface area contributed by atoms with Gasteiger partial charge in [-0.25, -0.2) is 9.07 Å². The Morgan fingerprint density at radius 2 is 1.97 bits per heavy atom. The molecule has 2 fully saturated rings. The molecule has 0 aliphatic carbocycles. The minimum absolute atomic E-state index is 0.0730. The van der Waals surface area contributed by atoms with E-state index in [1.165, 1.54) is 0 Å². The molecule has 8 heteroatoms. The summed E-state index contributed by atoms with van der Waals surface area (Å²) in [4.78, 5) is 0. The Morgan fingerprint density at radius 1 is 1.06 bits per heavy atom. The quantitative estimate of drug-likeness (QED) is 0.511. The van der Waals surface area contributed by atoms with E-state index in [9.17, 15) is 9.50 Å². The van der Waals surface area contributed by atoms with Crippen LogP contribution in [0.3, 0.4) is 0 Å². The lowest BCUT2D eigenvalue weighted by Crippen LogP contribution is -2.51. The molecule has 0 radical (unpaired) electrons. The summed E-state index contributed by atoms with van der Waals surface area (Å²) in [5.74, 6) is 0.366. The Morgan fingerprint density at radius 3 is 2.81 bits per heavy atom. The molecular formula is C24H22FN5O2. The fourth-order valence-corrected chi connectivity index (χ4v) is 4.80. The Hall–Kier alpha value is -3.52. The fourth-order valence-electron chi connectivity index (χ4n) is 4.80. The van der Waals surface area contributed by atoms with Crippen molar-refractivity contribution in [2.75, 3.05) is 0 Å². The second kappa shape index (κ2) is 7.56. The van der Waals surface area contributed by atoms with E-state index in [2.05, 4.69) is 20.6 Å². The summed E-state index contributed by atoms with van der Waals surface area (Å²) in [6.07, 6.45) is 2.70. The molecule has 162 valence electrons. The van der Waals surface area contributed by atoms with Gasteiger partial charge in [0.15, 0.2) is 6.17 Å². The maximum atomic E-state index is 14.6. The lowest BCUT2D eigenvalue weighted by atomic mass is 10.0. The lowest BCUT2D eigenvalue weighted by molar-refractivity contribution is 0.0422. The Kier molecular flexibility index (Phi) is 4.53. The van der Waals surface area contributed by atoms with Gasteiger partial charge in [-0.15, -0.1) is 10.2 Å². The van der Waals surface area contributed by atoms with Crippen molar-refractivity contribution in [2.45, 2.75) is 43.6 Å². The number of aromatic hydroxyl groups is 1. The molecule has 4 heterocycles. The third kappa shape index (κ3) is 3.27. The van der Waals surface area contributed by atoms with Crippen LogP contribution < -0.4 is 10.1 Å². The Labute approximate surface area is 183 Å². The van der Waals surface area contributed by atoms with Gasteiger partial charge in [-0.3, -0.25) is 0 Å². The third-order valence-electron chi connectivity index (χ3n) is 6.42. The first-order valence-corrected chi connectivity index (χ1v) is 10.8. The average Bonchev–Trinajstić information content (AvgIpc) is 3.43. The number of halogens is 1. The van der Waals surface area contributed by atoms with Crippen molar-refractivity contribution in [1.82, 2.24) is 25.3 Å². The standard InChI is InChI=1S/C24H22FN5O2/c25-24-19-8-5-15(27-19)11-22(24)32-23-10-9-18(28-29-23)17-7-6-16(12-21(17)31)30-20-4-2-1-3-14(20)13-26-30/h1-4,6-7,9-10,12-13,15,19,22,24,27,31H,5,8,11H2/t15?,19?,22-,24+/m1/s1. The summed E-state index contributed by atoms with van der Waals surface area (Å²) < 4.78 is 22.2. The van der Waals surface area contributed by atoms with Crippen LogP contribution in [0.2, 0.25) is 0 Å². The number of phenols is 1. The third-order valence-corrected chi connectivity index (χ3v) is 6.42. The number of hydrogen-bond acceptors (Lipinski definition) is 6. The number of para-hydroxylation sites is 1. The minimum Gasteiger partial charge on any atom is -0.507 e. The summed E-state index contributed by atoms with van der Waals surface area (Å²) in [7, 11) is 0. The topological polar surface area (TPSA) is 85.1 Å². The summed E-state index contributed by atoms with van der Waals surface area (Å²) in [6, 6.07) is 16.8. The molecule has 2 aliphatic rings. The number of nitrogens with zero attached hydrogens (tertiary/aromatic N) is 4. The van der Waals surface area contributed by atoms with Crippen LogP contribution in [0.4, 0.5) is 4.39 Å².